The van der Waals surface area contributed by atoms with Gasteiger partial charge in [0, 0.05) is 55.5 Å². The van der Waals surface area contributed by atoms with Crippen LogP contribution in [0.2, 0.25) is 0 Å². The van der Waals surface area contributed by atoms with Gasteiger partial charge in [0.05, 0.1) is 11.4 Å². The first kappa shape index (κ1) is 71.0. The number of rotatable bonds is 11. The summed E-state index contributed by atoms with van der Waals surface area (Å²) >= 11 is 0. The van der Waals surface area contributed by atoms with Gasteiger partial charge in [-0.3, -0.25) is 0 Å². The summed E-state index contributed by atoms with van der Waals surface area (Å²) < 4.78 is 0. The van der Waals surface area contributed by atoms with E-state index in [4.69, 9.17) is 0 Å². The van der Waals surface area contributed by atoms with Crippen LogP contribution in [0, 0.1) is 54.3 Å². The zero-order valence-corrected chi connectivity index (χ0v) is 69.0. The Balaban J connectivity index is 0.000000136. The molecule has 0 saturated heterocycles. The van der Waals surface area contributed by atoms with Crippen LogP contribution in [0.1, 0.15) is 142 Å². The van der Waals surface area contributed by atoms with Crippen molar-refractivity contribution in [3.8, 4) is 100 Å². The van der Waals surface area contributed by atoms with Gasteiger partial charge in [-0.2, -0.15) is 0 Å². The number of nitrogens with zero attached hydrogens (tertiary/aromatic N) is 2. The first-order valence-electron chi connectivity index (χ1n) is 44.5. The number of hydrogen-bond donors (Lipinski definition) is 0. The summed E-state index contributed by atoms with van der Waals surface area (Å²) in [5, 5.41) is 0. The fourth-order valence-electron chi connectivity index (χ4n) is 27.3. The Morgan fingerprint density at radius 1 is 0.218 bits per heavy atom. The van der Waals surface area contributed by atoms with Crippen LogP contribution in [0.5, 0.6) is 0 Å². The molecule has 0 amide bonds. The van der Waals surface area contributed by atoms with E-state index in [9.17, 15) is 0 Å². The highest BCUT2D eigenvalue weighted by Crippen LogP contribution is 2.73. The van der Waals surface area contributed by atoms with Gasteiger partial charge in [-0.05, 0) is 318 Å². The Kier molecular flexibility index (Phi) is 16.1. The van der Waals surface area contributed by atoms with Crippen LogP contribution < -0.4 is 9.80 Å². The molecule has 15 aromatic rings. The lowest BCUT2D eigenvalue weighted by Gasteiger charge is -2.61. The average molecular weight is 1530 g/mol. The number of anilines is 6. The quantitative estimate of drug-likeness (QED) is 0.127. The summed E-state index contributed by atoms with van der Waals surface area (Å²) in [4.78, 5) is 5.06. The largest absolute Gasteiger partial charge is 0.310 e. The Morgan fingerprint density at radius 2 is 0.521 bits per heavy atom. The van der Waals surface area contributed by atoms with Gasteiger partial charge in [0.1, 0.15) is 0 Å². The number of aryl methyl sites for hydroxylation is 1. The maximum Gasteiger partial charge on any atom is 0.0543 e. The average Bonchev–Trinajstić information content (AvgIpc) is 1.52. The van der Waals surface area contributed by atoms with Crippen LogP contribution in [0.15, 0.2) is 346 Å². The molecule has 27 rings (SSSR count). The van der Waals surface area contributed by atoms with Crippen molar-refractivity contribution in [3.63, 3.8) is 0 Å². The number of fused-ring (bicyclic) bond motifs is 12. The zero-order chi connectivity index (χ0) is 79.2. The Labute approximate surface area is 703 Å². The van der Waals surface area contributed by atoms with Crippen molar-refractivity contribution >= 4 is 34.1 Å². The minimum atomic E-state index is -0.108. The van der Waals surface area contributed by atoms with Crippen molar-refractivity contribution in [1.29, 1.82) is 0 Å². The van der Waals surface area contributed by atoms with Gasteiger partial charge in [0.25, 0.3) is 0 Å². The van der Waals surface area contributed by atoms with Gasteiger partial charge in [-0.1, -0.05) is 313 Å². The minimum Gasteiger partial charge on any atom is -0.310 e. The van der Waals surface area contributed by atoms with Crippen LogP contribution in [-0.4, -0.2) is 0 Å². The predicted molar refractivity (Wildman–Crippen MR) is 496 cm³/mol. The maximum atomic E-state index is 2.53. The SMILES string of the molecule is CC1(C)c2ccccc2-c2c(N(c3ccc(-c4ccccc4)cc3)c3ccc(-c4cccc5c4C4(c6ccccc6-5)C5CC6CC(C5)CC4C6)c(-c4ccccc4)c3)cccc21.Cc1cc(N(c2ccc(-c3ccccc3)cc2)c2cccc3c2-c2ccccc2C3(C)C)ccc1-c1cccc2c1C1(c3ccccc3-2)C2CC3CC(C2)CC1C3. The van der Waals surface area contributed by atoms with Crippen LogP contribution in [0.3, 0.4) is 0 Å². The lowest BCUT2D eigenvalue weighted by molar-refractivity contribution is -0.0397. The highest BCUT2D eigenvalue weighted by molar-refractivity contribution is 6.01. The standard InChI is InChI=1S/C61H51N.C56H49N/c1-60(2)54-23-11-10-20-52(54)58-56(60)25-14-26-57(58)62(46-29-27-42(28-30-46)41-15-5-3-6-16-41)47-31-32-48(53(38-47)43-17-7-4-8-18-43)50-21-13-22-51-49-19-9-12-24-55(49)61(59(50)51)44-34-39-33-40(36-44)37-45(61)35-39;1-35-29-43(27-28-44(35)46-17-11-18-47-45-15-7-10-20-50(45)56(54(46)47)40-31-36-30-37(33-40)34-41(56)32-36)57(42-25-23-39(24-26-42)38-13-5-4-6-14-38)52-22-12-21-51-53(52)48-16-8-9-19-49(48)55(51,2)3/h3-32,38-40,44-45H,33-37H2,1-2H3;4-29,36-37,40-41H,30-34H2,1-3H3. The van der Waals surface area contributed by atoms with Gasteiger partial charge in [0.15, 0.2) is 0 Å². The molecule has 2 nitrogen and oxygen atoms in total. The summed E-state index contributed by atoms with van der Waals surface area (Å²) in [6.45, 7) is 11.9. The summed E-state index contributed by atoms with van der Waals surface area (Å²) in [6, 6.07) is 131. The molecule has 8 fully saturated rings. The molecule has 2 heteroatoms. The molecule has 119 heavy (non-hydrogen) atoms. The molecular formula is C117H100N2. The van der Waals surface area contributed by atoms with Crippen LogP contribution in [0.25, 0.3) is 100 Å². The van der Waals surface area contributed by atoms with Crippen molar-refractivity contribution in [2.24, 2.45) is 47.3 Å². The highest BCUT2D eigenvalue weighted by Gasteiger charge is 2.64. The van der Waals surface area contributed by atoms with E-state index in [0.29, 0.717) is 11.8 Å². The predicted octanol–water partition coefficient (Wildman–Crippen LogP) is 31.0. The van der Waals surface area contributed by atoms with E-state index in [-0.39, 0.29) is 21.7 Å². The fraction of sp³-hybridized carbons (Fsp3) is 0.231. The van der Waals surface area contributed by atoms with Crippen LogP contribution in [-0.2, 0) is 21.7 Å². The summed E-state index contributed by atoms with van der Waals surface area (Å²) in [5.74, 6) is 6.51. The topological polar surface area (TPSA) is 6.48 Å². The monoisotopic (exact) mass is 1530 g/mol. The second kappa shape index (κ2) is 27.0. The second-order valence-electron chi connectivity index (χ2n) is 38.2. The second-order valence-corrected chi connectivity index (χ2v) is 38.2. The molecule has 0 unspecified atom stereocenters. The molecular weight excluding hydrogens is 1430 g/mol. The van der Waals surface area contributed by atoms with E-state index in [1.807, 2.05) is 0 Å². The molecule has 0 aliphatic heterocycles. The molecule has 0 N–H and O–H groups in total. The molecule has 0 radical (unpaired) electrons. The lowest BCUT2D eigenvalue weighted by atomic mass is 9.42. The lowest BCUT2D eigenvalue weighted by Crippen LogP contribution is -2.55. The number of hydrogen-bond acceptors (Lipinski definition) is 2. The van der Waals surface area contributed by atoms with Crippen molar-refractivity contribution < 1.29 is 0 Å². The van der Waals surface area contributed by atoms with E-state index in [1.165, 1.54) is 215 Å². The van der Waals surface area contributed by atoms with E-state index < -0.39 is 0 Å². The number of benzene rings is 15. The fourth-order valence-corrected chi connectivity index (χ4v) is 27.3. The van der Waals surface area contributed by atoms with E-state index in [1.54, 1.807) is 22.3 Å². The Morgan fingerprint density at radius 3 is 0.933 bits per heavy atom. The normalized spacial score (nSPS) is 23.4. The van der Waals surface area contributed by atoms with Crippen molar-refractivity contribution in [3.05, 3.63) is 396 Å². The van der Waals surface area contributed by atoms with E-state index in [0.717, 1.165) is 46.9 Å². The summed E-state index contributed by atoms with van der Waals surface area (Å²) in [7, 11) is 0. The summed E-state index contributed by atoms with van der Waals surface area (Å²) in [5.41, 5.74) is 44.8. The molecule has 578 valence electrons. The third kappa shape index (κ3) is 10.5. The zero-order valence-electron chi connectivity index (χ0n) is 69.0. The first-order chi connectivity index (χ1) is 58.4. The molecule has 0 heterocycles. The highest BCUT2D eigenvalue weighted by atomic mass is 15.2. The molecule has 8 bridgehead atoms. The third-order valence-corrected chi connectivity index (χ3v) is 31.6. The van der Waals surface area contributed by atoms with E-state index in [2.05, 4.69) is 390 Å². The Hall–Kier alpha value is -12.1. The molecule has 15 aromatic carbocycles. The van der Waals surface area contributed by atoms with Crippen LogP contribution in [0.4, 0.5) is 34.1 Å². The molecule has 8 saturated carbocycles. The Bertz CT molecular complexity index is 6520. The van der Waals surface area contributed by atoms with Crippen molar-refractivity contribution in [1.82, 2.24) is 0 Å². The van der Waals surface area contributed by atoms with Gasteiger partial charge in [-0.15, -0.1) is 0 Å². The molecule has 12 aliphatic rings. The minimum absolute atomic E-state index is 0.0693. The van der Waals surface area contributed by atoms with Crippen LogP contribution >= 0.6 is 0 Å². The van der Waals surface area contributed by atoms with E-state index >= 15 is 0 Å². The van der Waals surface area contributed by atoms with Crippen molar-refractivity contribution in [2.75, 3.05) is 9.80 Å². The smallest absolute Gasteiger partial charge is 0.0543 e. The van der Waals surface area contributed by atoms with Gasteiger partial charge in [0.2, 0.25) is 0 Å². The first-order valence-corrected chi connectivity index (χ1v) is 44.5. The van der Waals surface area contributed by atoms with Gasteiger partial charge in [-0.25, -0.2) is 0 Å². The van der Waals surface area contributed by atoms with Gasteiger partial charge < -0.3 is 9.80 Å². The third-order valence-electron chi connectivity index (χ3n) is 31.6. The summed E-state index contributed by atoms with van der Waals surface area (Å²) in [6.07, 6.45) is 14.0. The molecule has 2 spiro atoms. The van der Waals surface area contributed by atoms with Crippen molar-refractivity contribution in [2.45, 2.75) is 120 Å². The van der Waals surface area contributed by atoms with Gasteiger partial charge >= 0.3 is 0 Å². The maximum absolute atomic E-state index is 2.53. The molecule has 12 aliphatic carbocycles. The molecule has 0 atom stereocenters. The molecule has 0 aromatic heterocycles.